The smallest absolute Gasteiger partial charge is 0.309 e. The normalized spacial score (nSPS) is 16.8. The van der Waals surface area contributed by atoms with Gasteiger partial charge in [0.1, 0.15) is 6.23 Å². The molecule has 0 bridgehead atoms. The first-order valence-electron chi connectivity index (χ1n) is 9.64. The second kappa shape index (κ2) is 9.23. The van der Waals surface area contributed by atoms with Gasteiger partial charge >= 0.3 is 11.8 Å². The predicted octanol–water partition coefficient (Wildman–Crippen LogP) is 1.30. The zero-order chi connectivity index (χ0) is 21.8. The average Bonchev–Trinajstić information content (AvgIpc) is 3.44. The number of halogens is 1. The molecule has 10 heteroatoms. The van der Waals surface area contributed by atoms with Gasteiger partial charge in [0, 0.05) is 23.7 Å². The third-order valence-electron chi connectivity index (χ3n) is 4.91. The highest BCUT2D eigenvalue weighted by atomic mass is 35.5. The highest BCUT2D eigenvalue weighted by Gasteiger charge is 2.32. The number of hydrogen-bond acceptors (Lipinski definition) is 6. The average molecular weight is 446 g/mol. The van der Waals surface area contributed by atoms with Crippen LogP contribution >= 0.6 is 11.6 Å². The van der Waals surface area contributed by atoms with Crippen LogP contribution in [0.1, 0.15) is 15.9 Å². The molecule has 2 aromatic carbocycles. The minimum atomic E-state index is -0.821. The molecule has 31 heavy (non-hydrogen) atoms. The van der Waals surface area contributed by atoms with Gasteiger partial charge in [0.15, 0.2) is 11.5 Å². The van der Waals surface area contributed by atoms with Crippen molar-refractivity contribution in [2.45, 2.75) is 12.8 Å². The van der Waals surface area contributed by atoms with Crippen molar-refractivity contribution in [2.75, 3.05) is 26.5 Å². The summed E-state index contributed by atoms with van der Waals surface area (Å²) >= 11 is 6.04. The van der Waals surface area contributed by atoms with Crippen LogP contribution in [0.15, 0.2) is 42.5 Å². The molecule has 2 aliphatic heterocycles. The summed E-state index contributed by atoms with van der Waals surface area (Å²) in [4.78, 5) is 38.6. The van der Waals surface area contributed by atoms with E-state index in [-0.39, 0.29) is 25.8 Å². The van der Waals surface area contributed by atoms with Crippen molar-refractivity contribution in [3.8, 4) is 11.5 Å². The van der Waals surface area contributed by atoms with Crippen LogP contribution in [0.3, 0.4) is 0 Å². The molecule has 0 aromatic heterocycles. The zero-order valence-corrected chi connectivity index (χ0v) is 17.2. The van der Waals surface area contributed by atoms with E-state index in [0.29, 0.717) is 40.8 Å². The lowest BCUT2D eigenvalue weighted by Crippen LogP contribution is -2.47. The molecular formula is C21H20ClN3O6. The lowest BCUT2D eigenvalue weighted by atomic mass is 10.1. The third-order valence-corrected chi connectivity index (χ3v) is 5.28. The van der Waals surface area contributed by atoms with Gasteiger partial charge in [0.2, 0.25) is 6.79 Å². The standard InChI is InChI=1S/C21H20ClN3O6/c22-15-4-2-1-3-14(15)10-23-19(26)20(27)24-11-18-25(7-8-29-18)21(28)13-5-6-16-17(9-13)31-12-30-16/h1-6,9,18H,7-8,10-12H2,(H,23,26)(H,24,27). The maximum Gasteiger partial charge on any atom is 0.309 e. The molecule has 0 spiro atoms. The maximum absolute atomic E-state index is 12.9. The van der Waals surface area contributed by atoms with Gasteiger partial charge in [-0.2, -0.15) is 0 Å². The lowest BCUT2D eigenvalue weighted by molar-refractivity contribution is -0.139. The highest BCUT2D eigenvalue weighted by molar-refractivity contribution is 6.35. The largest absolute Gasteiger partial charge is 0.454 e. The van der Waals surface area contributed by atoms with Crippen LogP contribution in [0, 0.1) is 0 Å². The predicted molar refractivity (Wildman–Crippen MR) is 110 cm³/mol. The Morgan fingerprint density at radius 2 is 1.81 bits per heavy atom. The van der Waals surface area contributed by atoms with Crippen LogP contribution in [0.25, 0.3) is 0 Å². The Kier molecular flexibility index (Phi) is 6.24. The van der Waals surface area contributed by atoms with Crippen LogP contribution < -0.4 is 20.1 Å². The topological polar surface area (TPSA) is 106 Å². The minimum Gasteiger partial charge on any atom is -0.454 e. The van der Waals surface area contributed by atoms with Gasteiger partial charge in [-0.25, -0.2) is 0 Å². The molecule has 2 aliphatic rings. The van der Waals surface area contributed by atoms with E-state index in [1.807, 2.05) is 0 Å². The Bertz CT molecular complexity index is 1010. The fourth-order valence-corrected chi connectivity index (χ4v) is 3.48. The van der Waals surface area contributed by atoms with Crippen LogP contribution in [0.2, 0.25) is 5.02 Å². The van der Waals surface area contributed by atoms with Crippen molar-refractivity contribution in [3.05, 3.63) is 58.6 Å². The van der Waals surface area contributed by atoms with E-state index in [1.54, 1.807) is 42.5 Å². The van der Waals surface area contributed by atoms with Gasteiger partial charge < -0.3 is 29.7 Å². The van der Waals surface area contributed by atoms with E-state index in [0.717, 1.165) is 0 Å². The summed E-state index contributed by atoms with van der Waals surface area (Å²) in [7, 11) is 0. The van der Waals surface area contributed by atoms with Crippen molar-refractivity contribution in [3.63, 3.8) is 0 Å². The molecule has 1 atom stereocenters. The van der Waals surface area contributed by atoms with Crippen LogP contribution in [0.4, 0.5) is 0 Å². The molecule has 1 unspecified atom stereocenters. The van der Waals surface area contributed by atoms with Crippen LogP contribution in [-0.4, -0.2) is 55.3 Å². The highest BCUT2D eigenvalue weighted by Crippen LogP contribution is 2.33. The Labute approximate surface area is 183 Å². The summed E-state index contributed by atoms with van der Waals surface area (Å²) in [6, 6.07) is 12.0. The number of fused-ring (bicyclic) bond motifs is 1. The quantitative estimate of drug-likeness (QED) is 0.672. The molecule has 9 nitrogen and oxygen atoms in total. The Morgan fingerprint density at radius 1 is 1.03 bits per heavy atom. The molecule has 162 valence electrons. The van der Waals surface area contributed by atoms with Crippen LogP contribution in [-0.2, 0) is 20.9 Å². The Balaban J connectivity index is 1.30. The number of carbonyl (C=O) groups is 3. The monoisotopic (exact) mass is 445 g/mol. The number of nitrogens with zero attached hydrogens (tertiary/aromatic N) is 1. The number of hydrogen-bond donors (Lipinski definition) is 2. The van der Waals surface area contributed by atoms with E-state index in [2.05, 4.69) is 10.6 Å². The second-order valence-electron chi connectivity index (χ2n) is 6.88. The van der Waals surface area contributed by atoms with Gasteiger partial charge in [0.05, 0.1) is 13.2 Å². The molecule has 2 heterocycles. The lowest BCUT2D eigenvalue weighted by Gasteiger charge is -2.23. The van der Waals surface area contributed by atoms with Gasteiger partial charge in [-0.1, -0.05) is 29.8 Å². The molecule has 3 amide bonds. The maximum atomic E-state index is 12.9. The minimum absolute atomic E-state index is 0.0192. The molecular weight excluding hydrogens is 426 g/mol. The number of nitrogens with one attached hydrogen (secondary N) is 2. The van der Waals surface area contributed by atoms with Crippen molar-refractivity contribution >= 4 is 29.3 Å². The van der Waals surface area contributed by atoms with Crippen molar-refractivity contribution < 1.29 is 28.6 Å². The number of amides is 3. The van der Waals surface area contributed by atoms with E-state index in [1.165, 1.54) is 4.90 Å². The summed E-state index contributed by atoms with van der Waals surface area (Å²) < 4.78 is 16.1. The zero-order valence-electron chi connectivity index (χ0n) is 16.4. The number of carbonyl (C=O) groups excluding carboxylic acids is 3. The molecule has 0 aliphatic carbocycles. The first-order chi connectivity index (χ1) is 15.0. The summed E-state index contributed by atoms with van der Waals surface area (Å²) in [5, 5.41) is 5.52. The SMILES string of the molecule is O=C(NCc1ccccc1Cl)C(=O)NCC1OCCN1C(=O)c1ccc2c(c1)OCO2. The van der Waals surface area contributed by atoms with Crippen LogP contribution in [0.5, 0.6) is 11.5 Å². The first kappa shape index (κ1) is 21.0. The molecule has 4 rings (SSSR count). The molecule has 2 aromatic rings. The Hall–Kier alpha value is -3.30. The molecule has 1 fully saturated rings. The summed E-state index contributed by atoms with van der Waals surface area (Å²) in [6.45, 7) is 0.921. The molecule has 0 radical (unpaired) electrons. The van der Waals surface area contributed by atoms with Gasteiger partial charge in [-0.05, 0) is 29.8 Å². The number of ether oxygens (including phenoxy) is 3. The molecule has 0 saturated carbocycles. The van der Waals surface area contributed by atoms with Crippen molar-refractivity contribution in [1.82, 2.24) is 15.5 Å². The third kappa shape index (κ3) is 4.73. The fraction of sp³-hybridized carbons (Fsp3) is 0.286. The van der Waals surface area contributed by atoms with Crippen molar-refractivity contribution in [1.29, 1.82) is 0 Å². The van der Waals surface area contributed by atoms with Crippen molar-refractivity contribution in [2.24, 2.45) is 0 Å². The molecule has 2 N–H and O–H groups in total. The summed E-state index contributed by atoms with van der Waals surface area (Å²) in [5.74, 6) is -0.797. The van der Waals surface area contributed by atoms with Gasteiger partial charge in [-0.3, -0.25) is 14.4 Å². The fourth-order valence-electron chi connectivity index (χ4n) is 3.28. The number of benzene rings is 2. The van der Waals surface area contributed by atoms with E-state index < -0.39 is 18.0 Å². The van der Waals surface area contributed by atoms with E-state index in [4.69, 9.17) is 25.8 Å². The second-order valence-corrected chi connectivity index (χ2v) is 7.28. The number of rotatable bonds is 5. The Morgan fingerprint density at radius 3 is 2.65 bits per heavy atom. The van der Waals surface area contributed by atoms with E-state index in [9.17, 15) is 14.4 Å². The summed E-state index contributed by atoms with van der Waals surface area (Å²) in [6.07, 6.45) is -0.682. The first-order valence-corrected chi connectivity index (χ1v) is 10.0. The van der Waals surface area contributed by atoms with E-state index >= 15 is 0 Å². The van der Waals surface area contributed by atoms with Gasteiger partial charge in [0.25, 0.3) is 5.91 Å². The summed E-state index contributed by atoms with van der Waals surface area (Å²) in [5.41, 5.74) is 1.12. The van der Waals surface area contributed by atoms with Gasteiger partial charge in [-0.15, -0.1) is 0 Å². The molecule has 1 saturated heterocycles.